The van der Waals surface area contributed by atoms with E-state index in [0.717, 1.165) is 22.5 Å². The van der Waals surface area contributed by atoms with Crippen molar-refractivity contribution in [3.05, 3.63) is 53.6 Å². The molecule has 0 saturated heterocycles. The normalized spacial score (nSPS) is 16.7. The summed E-state index contributed by atoms with van der Waals surface area (Å²) >= 11 is 0. The Morgan fingerprint density at radius 3 is 2.48 bits per heavy atom. The number of nitrogens with zero attached hydrogens (tertiary/aromatic N) is 2. The molecular formula is C21H24N2O5S. The molecule has 154 valence electrons. The smallest absolute Gasteiger partial charge is 0.246 e. The number of rotatable bonds is 4. The number of ether oxygens (including phenoxy) is 2. The van der Waals surface area contributed by atoms with Crippen molar-refractivity contribution >= 4 is 21.6 Å². The molecule has 2 aliphatic rings. The lowest BCUT2D eigenvalue weighted by molar-refractivity contribution is -0.132. The van der Waals surface area contributed by atoms with Crippen molar-refractivity contribution in [1.29, 1.82) is 0 Å². The van der Waals surface area contributed by atoms with Gasteiger partial charge in [0.05, 0.1) is 11.9 Å². The van der Waals surface area contributed by atoms with Gasteiger partial charge in [-0.3, -0.25) is 9.10 Å². The monoisotopic (exact) mass is 416 g/mol. The maximum Gasteiger partial charge on any atom is 0.246 e. The van der Waals surface area contributed by atoms with Crippen molar-refractivity contribution in [1.82, 2.24) is 4.90 Å². The van der Waals surface area contributed by atoms with Crippen LogP contribution < -0.4 is 13.8 Å². The molecule has 0 aliphatic carbocycles. The second-order valence-electron chi connectivity index (χ2n) is 7.34. The Labute approximate surface area is 170 Å². The molecule has 0 aromatic heterocycles. The largest absolute Gasteiger partial charge is 0.486 e. The quantitative estimate of drug-likeness (QED) is 0.764. The van der Waals surface area contributed by atoms with E-state index in [9.17, 15) is 13.2 Å². The summed E-state index contributed by atoms with van der Waals surface area (Å²) in [4.78, 5) is 14.9. The first-order valence-electron chi connectivity index (χ1n) is 9.59. The number of hydrogen-bond donors (Lipinski definition) is 0. The number of fused-ring (bicyclic) bond motifs is 2. The fraction of sp³-hybridized carbons (Fsp3) is 0.381. The third-order valence-corrected chi connectivity index (χ3v) is 6.53. The summed E-state index contributed by atoms with van der Waals surface area (Å²) in [6.45, 7) is 3.53. The van der Waals surface area contributed by atoms with Gasteiger partial charge in [-0.2, -0.15) is 0 Å². The molecule has 0 radical (unpaired) electrons. The summed E-state index contributed by atoms with van der Waals surface area (Å²) in [5.41, 5.74) is 2.72. The highest BCUT2D eigenvalue weighted by Crippen LogP contribution is 2.35. The summed E-state index contributed by atoms with van der Waals surface area (Å²) in [6, 6.07) is 12.1. The van der Waals surface area contributed by atoms with Crippen LogP contribution in [0.1, 0.15) is 18.1 Å². The van der Waals surface area contributed by atoms with Crippen LogP contribution in [0.2, 0.25) is 0 Å². The van der Waals surface area contributed by atoms with E-state index in [1.54, 1.807) is 30.0 Å². The third kappa shape index (κ3) is 3.89. The van der Waals surface area contributed by atoms with Crippen molar-refractivity contribution < 1.29 is 22.7 Å². The van der Waals surface area contributed by atoms with Crippen LogP contribution in [0.5, 0.6) is 11.5 Å². The highest BCUT2D eigenvalue weighted by molar-refractivity contribution is 7.92. The summed E-state index contributed by atoms with van der Waals surface area (Å²) < 4.78 is 37.5. The van der Waals surface area contributed by atoms with E-state index in [1.165, 1.54) is 5.56 Å². The van der Waals surface area contributed by atoms with Gasteiger partial charge in [0, 0.05) is 19.2 Å². The molecule has 2 aliphatic heterocycles. The van der Waals surface area contributed by atoms with Crippen LogP contribution in [-0.4, -0.2) is 51.3 Å². The molecule has 2 aromatic carbocycles. The van der Waals surface area contributed by atoms with E-state index in [4.69, 9.17) is 9.47 Å². The van der Waals surface area contributed by atoms with Crippen molar-refractivity contribution in [2.24, 2.45) is 0 Å². The third-order valence-electron chi connectivity index (χ3n) is 5.29. The first-order chi connectivity index (χ1) is 13.8. The predicted octanol–water partition coefficient (Wildman–Crippen LogP) is 2.20. The molecule has 0 saturated carbocycles. The lowest BCUT2D eigenvalue weighted by atomic mass is 9.99. The number of sulfonamides is 1. The summed E-state index contributed by atoms with van der Waals surface area (Å²) in [7, 11) is -3.70. The van der Waals surface area contributed by atoms with Crippen LogP contribution >= 0.6 is 0 Å². The van der Waals surface area contributed by atoms with Gasteiger partial charge < -0.3 is 14.4 Å². The number of carbonyl (C=O) groups is 1. The molecule has 2 aromatic rings. The molecule has 0 spiro atoms. The number of benzene rings is 2. The molecule has 0 N–H and O–H groups in total. The van der Waals surface area contributed by atoms with Crippen LogP contribution in [0.15, 0.2) is 42.5 Å². The van der Waals surface area contributed by atoms with E-state index in [1.807, 2.05) is 18.2 Å². The van der Waals surface area contributed by atoms with Gasteiger partial charge in [-0.25, -0.2) is 8.42 Å². The SMILES string of the molecule is CC(C(=O)N1CCc2ccccc2C1)N(c1ccc2c(c1)OCCO2)S(C)(=O)=O. The summed E-state index contributed by atoms with van der Waals surface area (Å²) in [5, 5.41) is 0. The molecule has 2 heterocycles. The Hall–Kier alpha value is -2.74. The average Bonchev–Trinajstić information content (AvgIpc) is 2.71. The van der Waals surface area contributed by atoms with Gasteiger partial charge in [0.15, 0.2) is 11.5 Å². The average molecular weight is 416 g/mol. The van der Waals surface area contributed by atoms with Crippen LogP contribution in [0.25, 0.3) is 0 Å². The fourth-order valence-electron chi connectivity index (χ4n) is 3.92. The van der Waals surface area contributed by atoms with Crippen LogP contribution in [0.4, 0.5) is 5.69 Å². The minimum absolute atomic E-state index is 0.222. The molecule has 1 atom stereocenters. The zero-order valence-corrected chi connectivity index (χ0v) is 17.3. The second-order valence-corrected chi connectivity index (χ2v) is 9.20. The topological polar surface area (TPSA) is 76.2 Å². The van der Waals surface area contributed by atoms with E-state index >= 15 is 0 Å². The maximum atomic E-state index is 13.2. The van der Waals surface area contributed by atoms with Gasteiger partial charge in [-0.05, 0) is 36.6 Å². The van der Waals surface area contributed by atoms with Crippen molar-refractivity contribution in [2.75, 3.05) is 30.3 Å². The van der Waals surface area contributed by atoms with Gasteiger partial charge in [-0.1, -0.05) is 24.3 Å². The minimum atomic E-state index is -3.70. The van der Waals surface area contributed by atoms with E-state index < -0.39 is 16.1 Å². The lowest BCUT2D eigenvalue weighted by Gasteiger charge is -2.35. The number of carbonyl (C=O) groups excluding carboxylic acids is 1. The summed E-state index contributed by atoms with van der Waals surface area (Å²) in [5.74, 6) is 0.828. The van der Waals surface area contributed by atoms with E-state index in [-0.39, 0.29) is 5.91 Å². The first kappa shape index (κ1) is 19.6. The number of hydrogen-bond acceptors (Lipinski definition) is 5. The molecular weight excluding hydrogens is 392 g/mol. The van der Waals surface area contributed by atoms with Crippen molar-refractivity contribution in [3.63, 3.8) is 0 Å². The van der Waals surface area contributed by atoms with Gasteiger partial charge in [0.25, 0.3) is 0 Å². The standard InChI is InChI=1S/C21H24N2O5S/c1-15(21(24)22-10-9-16-5-3-4-6-17(16)14-22)23(29(2,25)26)18-7-8-19-20(13-18)28-12-11-27-19/h3-8,13,15H,9-12,14H2,1-2H3. The number of anilines is 1. The highest BCUT2D eigenvalue weighted by Gasteiger charge is 2.34. The Kier molecular flexibility index (Phi) is 5.12. The van der Waals surface area contributed by atoms with Crippen LogP contribution in [-0.2, 0) is 27.8 Å². The van der Waals surface area contributed by atoms with Gasteiger partial charge in [0.1, 0.15) is 19.3 Å². The van der Waals surface area contributed by atoms with Crippen molar-refractivity contribution in [3.8, 4) is 11.5 Å². The number of amides is 1. The summed E-state index contributed by atoms with van der Waals surface area (Å²) in [6.07, 6.45) is 1.87. The van der Waals surface area contributed by atoms with Crippen molar-refractivity contribution in [2.45, 2.75) is 25.9 Å². The van der Waals surface area contributed by atoms with Gasteiger partial charge >= 0.3 is 0 Å². The maximum absolute atomic E-state index is 13.2. The fourth-order valence-corrected chi connectivity index (χ4v) is 5.08. The minimum Gasteiger partial charge on any atom is -0.486 e. The zero-order chi connectivity index (χ0) is 20.6. The Balaban J connectivity index is 1.61. The highest BCUT2D eigenvalue weighted by atomic mass is 32.2. The molecule has 1 unspecified atom stereocenters. The Morgan fingerprint density at radius 2 is 1.76 bits per heavy atom. The van der Waals surface area contributed by atoms with E-state index in [0.29, 0.717) is 43.5 Å². The Bertz CT molecular complexity index is 1040. The zero-order valence-electron chi connectivity index (χ0n) is 16.5. The van der Waals surface area contributed by atoms with E-state index in [2.05, 4.69) is 6.07 Å². The molecule has 0 bridgehead atoms. The molecule has 8 heteroatoms. The second kappa shape index (κ2) is 7.59. The van der Waals surface area contributed by atoms with Gasteiger partial charge in [0.2, 0.25) is 15.9 Å². The van der Waals surface area contributed by atoms with Crippen LogP contribution in [0.3, 0.4) is 0 Å². The molecule has 1 amide bonds. The van der Waals surface area contributed by atoms with Gasteiger partial charge in [-0.15, -0.1) is 0 Å². The Morgan fingerprint density at radius 1 is 1.07 bits per heavy atom. The lowest BCUT2D eigenvalue weighted by Crippen LogP contribution is -2.50. The molecule has 7 nitrogen and oxygen atoms in total. The molecule has 4 rings (SSSR count). The van der Waals surface area contributed by atoms with Crippen LogP contribution in [0, 0.1) is 0 Å². The predicted molar refractivity (Wildman–Crippen MR) is 110 cm³/mol. The molecule has 29 heavy (non-hydrogen) atoms. The first-order valence-corrected chi connectivity index (χ1v) is 11.4. The molecule has 0 fully saturated rings.